The van der Waals surface area contributed by atoms with Gasteiger partial charge in [-0.25, -0.2) is 0 Å². The van der Waals surface area contributed by atoms with E-state index >= 15 is 0 Å². The van der Waals surface area contributed by atoms with E-state index in [0.29, 0.717) is 48.2 Å². The van der Waals surface area contributed by atoms with E-state index in [1.807, 2.05) is 9.80 Å². The lowest BCUT2D eigenvalue weighted by atomic mass is 10.2. The van der Waals surface area contributed by atoms with Crippen LogP contribution < -0.4 is 15.0 Å². The molecule has 30 heavy (non-hydrogen) atoms. The zero-order valence-electron chi connectivity index (χ0n) is 15.9. The fourth-order valence-electron chi connectivity index (χ4n) is 3.20. The van der Waals surface area contributed by atoms with E-state index in [4.69, 9.17) is 28.6 Å². The van der Waals surface area contributed by atoms with Crippen LogP contribution in [0.15, 0.2) is 40.9 Å². The van der Waals surface area contributed by atoms with E-state index < -0.39 is 4.92 Å². The molecule has 3 rings (SSSR count). The second kappa shape index (κ2) is 9.59. The Hall–Kier alpha value is -2.43. The van der Waals surface area contributed by atoms with Crippen LogP contribution in [0.2, 0.25) is 5.02 Å². The number of nitro groups is 1. The first-order valence-corrected chi connectivity index (χ1v) is 10.5. The van der Waals surface area contributed by atoms with Gasteiger partial charge in [0.25, 0.3) is 11.6 Å². The maximum atomic E-state index is 12.7. The van der Waals surface area contributed by atoms with Crippen molar-refractivity contribution in [2.24, 2.45) is 0 Å². The van der Waals surface area contributed by atoms with Crippen molar-refractivity contribution in [2.45, 2.75) is 0 Å². The third-order valence-electron chi connectivity index (χ3n) is 4.67. The number of carbonyl (C=O) groups is 1. The summed E-state index contributed by atoms with van der Waals surface area (Å²) in [6.45, 7) is 1.91. The Morgan fingerprint density at radius 1 is 1.27 bits per heavy atom. The number of nitro benzene ring substituents is 1. The topological polar surface area (TPSA) is 88.0 Å². The molecule has 0 bridgehead atoms. The van der Waals surface area contributed by atoms with E-state index in [1.54, 1.807) is 30.3 Å². The molecule has 0 spiro atoms. The zero-order chi connectivity index (χ0) is 21.8. The normalized spacial score (nSPS) is 13.7. The Labute approximate surface area is 192 Å². The van der Waals surface area contributed by atoms with Gasteiger partial charge >= 0.3 is 0 Å². The number of ether oxygens (including phenoxy) is 1. The van der Waals surface area contributed by atoms with Gasteiger partial charge in [-0.15, -0.1) is 0 Å². The van der Waals surface area contributed by atoms with Gasteiger partial charge in [-0.2, -0.15) is 0 Å². The number of rotatable bonds is 4. The van der Waals surface area contributed by atoms with Crippen molar-refractivity contribution in [3.8, 4) is 5.75 Å². The molecule has 1 fully saturated rings. The van der Waals surface area contributed by atoms with Crippen LogP contribution in [0.25, 0.3) is 0 Å². The van der Waals surface area contributed by atoms with Gasteiger partial charge in [-0.1, -0.05) is 33.6 Å². The first-order chi connectivity index (χ1) is 14.3. The minimum absolute atomic E-state index is 0.0337. The van der Waals surface area contributed by atoms with Gasteiger partial charge in [0.1, 0.15) is 11.4 Å². The van der Waals surface area contributed by atoms with E-state index in [0.717, 1.165) is 4.47 Å². The zero-order valence-corrected chi connectivity index (χ0v) is 19.1. The van der Waals surface area contributed by atoms with Crippen molar-refractivity contribution in [3.05, 3.63) is 61.6 Å². The molecule has 2 aromatic rings. The average Bonchev–Trinajstić information content (AvgIpc) is 2.73. The van der Waals surface area contributed by atoms with Crippen molar-refractivity contribution in [1.29, 1.82) is 0 Å². The summed E-state index contributed by atoms with van der Waals surface area (Å²) in [5.74, 6) is 0.0664. The molecule has 11 heteroatoms. The molecule has 158 valence electrons. The van der Waals surface area contributed by atoms with Crippen LogP contribution in [0.5, 0.6) is 5.75 Å². The third kappa shape index (κ3) is 4.82. The number of anilines is 1. The van der Waals surface area contributed by atoms with Gasteiger partial charge in [0.15, 0.2) is 5.11 Å². The Morgan fingerprint density at radius 2 is 1.97 bits per heavy atom. The summed E-state index contributed by atoms with van der Waals surface area (Å²) in [4.78, 5) is 27.3. The molecule has 0 radical (unpaired) electrons. The van der Waals surface area contributed by atoms with Gasteiger partial charge in [-0.05, 0) is 36.5 Å². The second-order valence-electron chi connectivity index (χ2n) is 6.44. The standard InChI is InChI=1S/C19H18BrClN4O4S/c1-29-16-6-5-12(20)11-13(16)18(26)22-19(30)24-9-7-23(8-10-24)17-14(21)3-2-4-15(17)25(27)28/h2-6,11H,7-10H2,1H3,(H,22,26,30). The number of piperazine rings is 1. The van der Waals surface area contributed by atoms with Gasteiger partial charge < -0.3 is 14.5 Å². The van der Waals surface area contributed by atoms with Crippen molar-refractivity contribution >= 4 is 62.1 Å². The van der Waals surface area contributed by atoms with E-state index in [1.165, 1.54) is 13.2 Å². The van der Waals surface area contributed by atoms with E-state index in [2.05, 4.69) is 21.2 Å². The van der Waals surface area contributed by atoms with Crippen LogP contribution in [0.3, 0.4) is 0 Å². The Bertz CT molecular complexity index is 998. The van der Waals surface area contributed by atoms with Crippen LogP contribution >= 0.6 is 39.7 Å². The first-order valence-electron chi connectivity index (χ1n) is 8.93. The number of amides is 1. The predicted octanol–water partition coefficient (Wildman–Crippen LogP) is 3.86. The molecule has 0 aromatic heterocycles. The highest BCUT2D eigenvalue weighted by atomic mass is 79.9. The molecule has 1 N–H and O–H groups in total. The number of carbonyl (C=O) groups excluding carboxylic acids is 1. The molecule has 1 aliphatic heterocycles. The van der Waals surface area contributed by atoms with E-state index in [-0.39, 0.29) is 16.7 Å². The summed E-state index contributed by atoms with van der Waals surface area (Å²) in [5.41, 5.74) is 0.728. The smallest absolute Gasteiger partial charge is 0.294 e. The maximum Gasteiger partial charge on any atom is 0.294 e. The second-order valence-corrected chi connectivity index (χ2v) is 8.15. The number of hydrogen-bond acceptors (Lipinski definition) is 6. The average molecular weight is 514 g/mol. The highest BCUT2D eigenvalue weighted by molar-refractivity contribution is 9.10. The molecular formula is C19H18BrClN4O4S. The molecule has 1 saturated heterocycles. The van der Waals surface area contributed by atoms with Crippen molar-refractivity contribution in [2.75, 3.05) is 38.2 Å². The van der Waals surface area contributed by atoms with Crippen LogP contribution in [0.4, 0.5) is 11.4 Å². The molecular weight excluding hydrogens is 496 g/mol. The Kier molecular flexibility index (Phi) is 7.11. The number of methoxy groups -OCH3 is 1. The Balaban J connectivity index is 1.66. The largest absolute Gasteiger partial charge is 0.496 e. The van der Waals surface area contributed by atoms with E-state index in [9.17, 15) is 14.9 Å². The van der Waals surface area contributed by atoms with Crippen molar-refractivity contribution < 1.29 is 14.5 Å². The summed E-state index contributed by atoms with van der Waals surface area (Å²) < 4.78 is 5.99. The quantitative estimate of drug-likeness (QED) is 0.377. The van der Waals surface area contributed by atoms with Crippen LogP contribution in [-0.4, -0.2) is 54.1 Å². The number of nitrogens with one attached hydrogen (secondary N) is 1. The molecule has 0 atom stereocenters. The Morgan fingerprint density at radius 3 is 2.60 bits per heavy atom. The lowest BCUT2D eigenvalue weighted by Gasteiger charge is -2.37. The third-order valence-corrected chi connectivity index (χ3v) is 5.83. The molecule has 1 amide bonds. The molecule has 0 aliphatic carbocycles. The number of halogens is 2. The van der Waals surface area contributed by atoms with Gasteiger partial charge in [0.2, 0.25) is 0 Å². The number of nitrogens with zero attached hydrogens (tertiary/aromatic N) is 3. The van der Waals surface area contributed by atoms with Crippen LogP contribution in [0, 0.1) is 10.1 Å². The summed E-state index contributed by atoms with van der Waals surface area (Å²) in [6.07, 6.45) is 0. The summed E-state index contributed by atoms with van der Waals surface area (Å²) >= 11 is 15.0. The maximum absolute atomic E-state index is 12.7. The summed E-state index contributed by atoms with van der Waals surface area (Å²) in [5, 5.41) is 14.7. The molecule has 1 heterocycles. The number of thiocarbonyl (C=S) groups is 1. The minimum atomic E-state index is -0.441. The molecule has 0 saturated carbocycles. The fraction of sp³-hybridized carbons (Fsp3) is 0.263. The molecule has 8 nitrogen and oxygen atoms in total. The lowest BCUT2D eigenvalue weighted by Crippen LogP contribution is -2.52. The van der Waals surface area contributed by atoms with Crippen LogP contribution in [0.1, 0.15) is 10.4 Å². The number of benzene rings is 2. The highest BCUT2D eigenvalue weighted by Crippen LogP contribution is 2.35. The van der Waals surface area contributed by atoms with Gasteiger partial charge in [0, 0.05) is 36.7 Å². The van der Waals surface area contributed by atoms with Crippen molar-refractivity contribution in [3.63, 3.8) is 0 Å². The predicted molar refractivity (Wildman–Crippen MR) is 123 cm³/mol. The van der Waals surface area contributed by atoms with Gasteiger partial charge in [-0.3, -0.25) is 20.2 Å². The van der Waals surface area contributed by atoms with Crippen molar-refractivity contribution in [1.82, 2.24) is 10.2 Å². The molecule has 2 aromatic carbocycles. The molecule has 0 unspecified atom stereocenters. The van der Waals surface area contributed by atoms with Crippen LogP contribution in [-0.2, 0) is 0 Å². The summed E-state index contributed by atoms with van der Waals surface area (Å²) in [7, 11) is 1.49. The first kappa shape index (κ1) is 22.3. The minimum Gasteiger partial charge on any atom is -0.496 e. The van der Waals surface area contributed by atoms with Gasteiger partial charge in [0.05, 0.1) is 22.6 Å². The monoisotopic (exact) mass is 512 g/mol. The number of hydrogen-bond donors (Lipinski definition) is 1. The molecule has 1 aliphatic rings. The fourth-order valence-corrected chi connectivity index (χ4v) is 4.12. The SMILES string of the molecule is COc1ccc(Br)cc1C(=O)NC(=S)N1CCN(c2c(Cl)cccc2[N+](=O)[O-])CC1. The summed E-state index contributed by atoms with van der Waals surface area (Å²) in [6, 6.07) is 9.75. The highest BCUT2D eigenvalue weighted by Gasteiger charge is 2.27. The number of para-hydroxylation sites is 1. The lowest BCUT2D eigenvalue weighted by molar-refractivity contribution is -0.384.